The van der Waals surface area contributed by atoms with Crippen LogP contribution in [0.1, 0.15) is 29.5 Å². The maximum Gasteiger partial charge on any atom is 0.217 e. The van der Waals surface area contributed by atoms with Crippen LogP contribution in [0.15, 0.2) is 54.6 Å². The zero-order valence-corrected chi connectivity index (χ0v) is 13.8. The lowest BCUT2D eigenvalue weighted by atomic mass is 10.0. The molecule has 2 nitrogen and oxygen atoms in total. The van der Waals surface area contributed by atoms with E-state index < -0.39 is 0 Å². The molecule has 1 aliphatic rings. The number of pyridine rings is 1. The van der Waals surface area contributed by atoms with Crippen LogP contribution in [0.3, 0.4) is 0 Å². The number of fused-ring (bicyclic) bond motifs is 1. The van der Waals surface area contributed by atoms with Gasteiger partial charge in [0.15, 0.2) is 0 Å². The van der Waals surface area contributed by atoms with E-state index in [1.165, 1.54) is 18.4 Å². The zero-order valence-electron chi connectivity index (χ0n) is 13.8. The Labute approximate surface area is 142 Å². The Morgan fingerprint density at radius 1 is 1.08 bits per heavy atom. The second-order valence-electron chi connectivity index (χ2n) is 6.27. The van der Waals surface area contributed by atoms with Crippen LogP contribution in [0, 0.1) is 17.8 Å². The highest BCUT2D eigenvalue weighted by molar-refractivity contribution is 5.82. The van der Waals surface area contributed by atoms with Crippen LogP contribution in [0.4, 0.5) is 0 Å². The number of ether oxygens (including phenoxy) is 1. The van der Waals surface area contributed by atoms with Crippen LogP contribution < -0.4 is 4.74 Å². The van der Waals surface area contributed by atoms with Gasteiger partial charge in [-0.25, -0.2) is 4.98 Å². The topological polar surface area (TPSA) is 22.1 Å². The third-order valence-electron chi connectivity index (χ3n) is 4.28. The van der Waals surface area contributed by atoms with Crippen molar-refractivity contribution in [2.75, 3.05) is 7.11 Å². The quantitative estimate of drug-likeness (QED) is 0.660. The van der Waals surface area contributed by atoms with Gasteiger partial charge in [0.05, 0.1) is 12.6 Å². The predicted octanol–water partition coefficient (Wildman–Crippen LogP) is 4.60. The van der Waals surface area contributed by atoms with Crippen molar-refractivity contribution in [3.8, 4) is 17.7 Å². The van der Waals surface area contributed by atoms with Crippen LogP contribution in [0.25, 0.3) is 10.9 Å². The minimum absolute atomic E-state index is 0.614. The van der Waals surface area contributed by atoms with Gasteiger partial charge < -0.3 is 4.74 Å². The number of benzene rings is 2. The summed E-state index contributed by atoms with van der Waals surface area (Å²) in [6.45, 7) is 0. The average Bonchev–Trinajstić information content (AvgIpc) is 3.44. The highest BCUT2D eigenvalue weighted by atomic mass is 16.5. The Morgan fingerprint density at radius 3 is 2.67 bits per heavy atom. The van der Waals surface area contributed by atoms with E-state index in [1.54, 1.807) is 7.11 Å². The van der Waals surface area contributed by atoms with Crippen LogP contribution in [0.5, 0.6) is 5.88 Å². The van der Waals surface area contributed by atoms with E-state index in [0.717, 1.165) is 28.5 Å². The summed E-state index contributed by atoms with van der Waals surface area (Å²) in [5.41, 5.74) is 4.36. The van der Waals surface area contributed by atoms with Crippen LogP contribution in [0.2, 0.25) is 0 Å². The number of hydrogen-bond donors (Lipinski definition) is 0. The third-order valence-corrected chi connectivity index (χ3v) is 4.28. The molecular weight excluding hydrogens is 294 g/mol. The van der Waals surface area contributed by atoms with Gasteiger partial charge in [-0.1, -0.05) is 42.2 Å². The summed E-state index contributed by atoms with van der Waals surface area (Å²) in [6.07, 6.45) is 3.31. The lowest BCUT2D eigenvalue weighted by Crippen LogP contribution is -1.97. The molecule has 0 N–H and O–H groups in total. The van der Waals surface area contributed by atoms with Gasteiger partial charge in [-0.05, 0) is 42.7 Å². The molecule has 1 fully saturated rings. The largest absolute Gasteiger partial charge is 0.481 e. The number of methoxy groups -OCH3 is 1. The van der Waals surface area contributed by atoms with Crippen LogP contribution in [-0.2, 0) is 6.42 Å². The lowest BCUT2D eigenvalue weighted by molar-refractivity contribution is 0.395. The molecule has 0 atom stereocenters. The monoisotopic (exact) mass is 313 g/mol. The molecule has 0 unspecified atom stereocenters. The fourth-order valence-corrected chi connectivity index (χ4v) is 2.81. The minimum atomic E-state index is 0.614. The van der Waals surface area contributed by atoms with Crippen molar-refractivity contribution in [2.45, 2.75) is 19.3 Å². The molecule has 0 saturated heterocycles. The van der Waals surface area contributed by atoms with E-state index in [2.05, 4.69) is 53.2 Å². The predicted molar refractivity (Wildman–Crippen MR) is 97.1 cm³/mol. The third kappa shape index (κ3) is 3.26. The van der Waals surface area contributed by atoms with Crippen molar-refractivity contribution < 1.29 is 4.74 Å². The molecule has 1 aromatic heterocycles. The Balaban J connectivity index is 1.72. The first-order valence-corrected chi connectivity index (χ1v) is 8.35. The number of hydrogen-bond acceptors (Lipinski definition) is 2. The number of nitrogens with zero attached hydrogens (tertiary/aromatic N) is 1. The maximum atomic E-state index is 5.50. The first kappa shape index (κ1) is 14.8. The van der Waals surface area contributed by atoms with E-state index in [0.29, 0.717) is 11.8 Å². The molecule has 0 radical (unpaired) electrons. The second kappa shape index (κ2) is 6.37. The first-order chi connectivity index (χ1) is 11.8. The van der Waals surface area contributed by atoms with Gasteiger partial charge in [-0.15, -0.1) is 0 Å². The number of rotatable bonds is 3. The molecule has 2 heteroatoms. The first-order valence-electron chi connectivity index (χ1n) is 8.35. The van der Waals surface area contributed by atoms with E-state index in [4.69, 9.17) is 4.74 Å². The average molecular weight is 313 g/mol. The Morgan fingerprint density at radius 2 is 1.92 bits per heavy atom. The Hall–Kier alpha value is -2.79. The summed E-state index contributed by atoms with van der Waals surface area (Å²) >= 11 is 0. The molecule has 2 aromatic carbocycles. The van der Waals surface area contributed by atoms with Crippen LogP contribution >= 0.6 is 0 Å². The molecule has 118 valence electrons. The lowest BCUT2D eigenvalue weighted by Gasteiger charge is -2.10. The molecule has 0 spiro atoms. The summed E-state index contributed by atoms with van der Waals surface area (Å²) in [5.74, 6) is 7.92. The smallest absolute Gasteiger partial charge is 0.217 e. The summed E-state index contributed by atoms with van der Waals surface area (Å²) in [7, 11) is 1.68. The molecule has 1 aliphatic carbocycles. The van der Waals surface area contributed by atoms with Crippen molar-refractivity contribution in [2.24, 2.45) is 5.92 Å². The fourth-order valence-electron chi connectivity index (χ4n) is 2.81. The highest BCUT2D eigenvalue weighted by Crippen LogP contribution is 2.28. The molecule has 1 saturated carbocycles. The maximum absolute atomic E-state index is 5.50. The van der Waals surface area contributed by atoms with Gasteiger partial charge >= 0.3 is 0 Å². The van der Waals surface area contributed by atoms with Gasteiger partial charge in [0.1, 0.15) is 0 Å². The van der Waals surface area contributed by atoms with Gasteiger partial charge in [0.25, 0.3) is 0 Å². The molecule has 3 aromatic rings. The number of aromatic nitrogens is 1. The van der Waals surface area contributed by atoms with Gasteiger partial charge in [-0.3, -0.25) is 0 Å². The SMILES string of the molecule is COc1nc2ccc(C#CC3CC3)cc2cc1Cc1ccccc1. The van der Waals surface area contributed by atoms with Crippen molar-refractivity contribution in [3.63, 3.8) is 0 Å². The van der Waals surface area contributed by atoms with E-state index in [1.807, 2.05) is 18.2 Å². The highest BCUT2D eigenvalue weighted by Gasteiger charge is 2.17. The second-order valence-corrected chi connectivity index (χ2v) is 6.27. The summed E-state index contributed by atoms with van der Waals surface area (Å²) in [5, 5.41) is 1.12. The minimum Gasteiger partial charge on any atom is -0.481 e. The normalized spacial score (nSPS) is 13.4. The van der Waals surface area contributed by atoms with Crippen molar-refractivity contribution >= 4 is 10.9 Å². The molecule has 24 heavy (non-hydrogen) atoms. The van der Waals surface area contributed by atoms with E-state index in [-0.39, 0.29) is 0 Å². The van der Waals surface area contributed by atoms with Gasteiger partial charge in [0.2, 0.25) is 5.88 Å². The van der Waals surface area contributed by atoms with E-state index in [9.17, 15) is 0 Å². The van der Waals surface area contributed by atoms with Gasteiger partial charge in [-0.2, -0.15) is 0 Å². The molecule has 4 rings (SSSR count). The fraction of sp³-hybridized carbons (Fsp3) is 0.227. The van der Waals surface area contributed by atoms with Crippen LogP contribution in [-0.4, -0.2) is 12.1 Å². The summed E-state index contributed by atoms with van der Waals surface area (Å²) < 4.78 is 5.50. The van der Waals surface area contributed by atoms with Crippen molar-refractivity contribution in [1.29, 1.82) is 0 Å². The zero-order chi connectivity index (χ0) is 16.4. The van der Waals surface area contributed by atoms with Crippen molar-refractivity contribution in [1.82, 2.24) is 4.98 Å². The molecule has 0 amide bonds. The summed E-state index contributed by atoms with van der Waals surface area (Å²) in [6, 6.07) is 18.8. The molecular formula is C22H19NO. The Kier molecular flexibility index (Phi) is 3.92. The molecule has 1 heterocycles. The molecule has 0 bridgehead atoms. The molecule has 0 aliphatic heterocycles. The summed E-state index contributed by atoms with van der Waals surface area (Å²) in [4.78, 5) is 4.67. The van der Waals surface area contributed by atoms with E-state index >= 15 is 0 Å². The van der Waals surface area contributed by atoms with Gasteiger partial charge in [0, 0.05) is 28.9 Å². The standard InChI is InChI=1S/C22H19NO/c1-24-22-20(14-17-5-3-2-4-6-17)15-19-13-18(10-9-16-7-8-16)11-12-21(19)23-22/h2-6,11-13,15-16H,7-8,14H2,1H3. The Bertz CT molecular complexity index is 931. The van der Waals surface area contributed by atoms with Crippen molar-refractivity contribution in [3.05, 3.63) is 71.3 Å².